The lowest BCUT2D eigenvalue weighted by molar-refractivity contribution is 0.671. The van der Waals surface area contributed by atoms with Crippen LogP contribution in [0, 0.1) is 0 Å². The summed E-state index contributed by atoms with van der Waals surface area (Å²) in [5.41, 5.74) is 2.67. The van der Waals surface area contributed by atoms with E-state index in [0.29, 0.717) is 12.0 Å². The Morgan fingerprint density at radius 2 is 2.06 bits per heavy atom. The van der Waals surface area contributed by atoms with Crippen LogP contribution in [0.4, 0.5) is 0 Å². The van der Waals surface area contributed by atoms with Gasteiger partial charge in [0.25, 0.3) is 0 Å². The minimum atomic E-state index is 0.617. The Kier molecular flexibility index (Phi) is 3.43. The van der Waals surface area contributed by atoms with E-state index >= 15 is 0 Å². The molecule has 1 saturated carbocycles. The molecule has 0 amide bonds. The van der Waals surface area contributed by atoms with Crippen molar-refractivity contribution in [2.75, 3.05) is 0 Å². The van der Waals surface area contributed by atoms with E-state index in [-0.39, 0.29) is 0 Å². The Hall–Kier alpha value is -1.19. The second-order valence-electron chi connectivity index (χ2n) is 4.75. The summed E-state index contributed by atoms with van der Waals surface area (Å²) in [6, 6.07) is 13.5. The van der Waals surface area contributed by atoms with E-state index in [4.69, 9.17) is 0 Å². The van der Waals surface area contributed by atoms with Crippen molar-refractivity contribution in [2.24, 2.45) is 0 Å². The monoisotopic (exact) mass is 302 g/mol. The van der Waals surface area contributed by atoms with Crippen LogP contribution < -0.4 is 5.32 Å². The first kappa shape index (κ1) is 11.9. The van der Waals surface area contributed by atoms with Crippen LogP contribution in [0.25, 0.3) is 0 Å². The molecular weight excluding hydrogens is 288 g/mol. The number of pyridine rings is 1. The van der Waals surface area contributed by atoms with E-state index in [9.17, 15) is 0 Å². The lowest BCUT2D eigenvalue weighted by atomic mass is 10.1. The fourth-order valence-corrected chi connectivity index (χ4v) is 2.70. The summed E-state index contributed by atoms with van der Waals surface area (Å²) in [4.78, 5) is 4.17. The molecule has 0 saturated heterocycles. The van der Waals surface area contributed by atoms with E-state index in [2.05, 4.69) is 62.6 Å². The average molecular weight is 303 g/mol. The van der Waals surface area contributed by atoms with Crippen LogP contribution in [-0.4, -0.2) is 11.0 Å². The van der Waals surface area contributed by atoms with Gasteiger partial charge in [0.1, 0.15) is 0 Å². The van der Waals surface area contributed by atoms with Crippen molar-refractivity contribution in [1.82, 2.24) is 10.3 Å². The van der Waals surface area contributed by atoms with Crippen LogP contribution >= 0.6 is 15.9 Å². The van der Waals surface area contributed by atoms with Gasteiger partial charge < -0.3 is 5.32 Å². The highest BCUT2D eigenvalue weighted by molar-refractivity contribution is 9.10. The van der Waals surface area contributed by atoms with Crippen molar-refractivity contribution in [2.45, 2.75) is 24.9 Å². The Morgan fingerprint density at radius 1 is 1.22 bits per heavy atom. The third-order valence-corrected chi connectivity index (χ3v) is 3.78. The largest absolute Gasteiger partial charge is 0.309 e. The van der Waals surface area contributed by atoms with Gasteiger partial charge in [-0.2, -0.15) is 0 Å². The molecule has 0 bridgehead atoms. The quantitative estimate of drug-likeness (QED) is 0.935. The number of nitrogens with one attached hydrogen (secondary N) is 1. The maximum atomic E-state index is 4.17. The molecule has 3 heteroatoms. The number of halogens is 1. The minimum absolute atomic E-state index is 0.617. The minimum Gasteiger partial charge on any atom is -0.309 e. The van der Waals surface area contributed by atoms with Crippen molar-refractivity contribution < 1.29 is 0 Å². The third kappa shape index (κ3) is 2.79. The van der Waals surface area contributed by atoms with Crippen LogP contribution in [0.5, 0.6) is 0 Å². The zero-order valence-electron chi connectivity index (χ0n) is 10.0. The summed E-state index contributed by atoms with van der Waals surface area (Å²) in [6.07, 6.45) is 4.97. The van der Waals surface area contributed by atoms with Crippen LogP contribution in [0.2, 0.25) is 0 Å². The van der Waals surface area contributed by atoms with Gasteiger partial charge in [0.05, 0.1) is 0 Å². The van der Waals surface area contributed by atoms with Crippen molar-refractivity contribution in [1.29, 1.82) is 0 Å². The molecule has 1 aliphatic carbocycles. The molecule has 0 spiro atoms. The first-order valence-electron chi connectivity index (χ1n) is 6.21. The normalized spacial score (nSPS) is 21.8. The summed E-state index contributed by atoms with van der Waals surface area (Å²) in [5.74, 6) is 0.686. The Labute approximate surface area is 116 Å². The summed E-state index contributed by atoms with van der Waals surface area (Å²) >= 11 is 3.44. The molecule has 92 valence electrons. The van der Waals surface area contributed by atoms with Gasteiger partial charge in [-0.15, -0.1) is 0 Å². The SMILES string of the molecule is Brc1cncc(CNC2CC2c2ccccc2)c1. The Balaban J connectivity index is 1.55. The lowest BCUT2D eigenvalue weighted by Gasteiger charge is -2.04. The van der Waals surface area contributed by atoms with E-state index in [1.807, 2.05) is 12.4 Å². The van der Waals surface area contributed by atoms with Crippen LogP contribution in [0.1, 0.15) is 23.5 Å². The highest BCUT2D eigenvalue weighted by atomic mass is 79.9. The highest BCUT2D eigenvalue weighted by Gasteiger charge is 2.37. The molecule has 1 heterocycles. The molecule has 1 N–H and O–H groups in total. The summed E-state index contributed by atoms with van der Waals surface area (Å²) in [5, 5.41) is 3.59. The fraction of sp³-hybridized carbons (Fsp3) is 0.267. The molecule has 0 radical (unpaired) electrons. The zero-order chi connectivity index (χ0) is 12.4. The molecule has 0 aliphatic heterocycles. The second-order valence-corrected chi connectivity index (χ2v) is 5.67. The molecule has 1 fully saturated rings. The number of rotatable bonds is 4. The van der Waals surface area contributed by atoms with E-state index in [0.717, 1.165) is 11.0 Å². The second kappa shape index (κ2) is 5.21. The number of hydrogen-bond acceptors (Lipinski definition) is 2. The van der Waals surface area contributed by atoms with Gasteiger partial charge in [-0.1, -0.05) is 30.3 Å². The van der Waals surface area contributed by atoms with Crippen molar-refractivity contribution in [3.8, 4) is 0 Å². The molecule has 2 atom stereocenters. The van der Waals surface area contributed by atoms with Gasteiger partial charge in [0.15, 0.2) is 0 Å². The maximum Gasteiger partial charge on any atom is 0.0410 e. The van der Waals surface area contributed by atoms with Crippen LogP contribution in [0.3, 0.4) is 0 Å². The summed E-state index contributed by atoms with van der Waals surface area (Å²) < 4.78 is 1.04. The molecule has 1 aromatic heterocycles. The summed E-state index contributed by atoms with van der Waals surface area (Å²) in [6.45, 7) is 0.889. The first-order valence-corrected chi connectivity index (χ1v) is 7.00. The van der Waals surface area contributed by atoms with Gasteiger partial charge in [0, 0.05) is 35.4 Å². The topological polar surface area (TPSA) is 24.9 Å². The number of hydrogen-bond donors (Lipinski definition) is 1. The summed E-state index contributed by atoms with van der Waals surface area (Å²) in [7, 11) is 0. The lowest BCUT2D eigenvalue weighted by Crippen LogP contribution is -2.17. The van der Waals surface area contributed by atoms with Crippen molar-refractivity contribution >= 4 is 15.9 Å². The van der Waals surface area contributed by atoms with Gasteiger partial charge in [-0.3, -0.25) is 4.98 Å². The molecule has 1 aromatic carbocycles. The zero-order valence-corrected chi connectivity index (χ0v) is 11.6. The fourth-order valence-electron chi connectivity index (χ4n) is 2.29. The number of nitrogens with zero attached hydrogens (tertiary/aromatic N) is 1. The molecule has 2 nitrogen and oxygen atoms in total. The van der Waals surface area contributed by atoms with Gasteiger partial charge in [-0.05, 0) is 39.5 Å². The van der Waals surface area contributed by atoms with Crippen LogP contribution in [-0.2, 0) is 6.54 Å². The maximum absolute atomic E-state index is 4.17. The Morgan fingerprint density at radius 3 is 2.83 bits per heavy atom. The molecule has 2 unspecified atom stereocenters. The third-order valence-electron chi connectivity index (χ3n) is 3.35. The highest BCUT2D eigenvalue weighted by Crippen LogP contribution is 2.40. The Bertz CT molecular complexity index is 527. The predicted molar refractivity (Wildman–Crippen MR) is 76.4 cm³/mol. The van der Waals surface area contributed by atoms with Crippen molar-refractivity contribution in [3.63, 3.8) is 0 Å². The standard InChI is InChI=1S/C15H15BrN2/c16-13-6-11(8-17-10-13)9-18-15-7-14(15)12-4-2-1-3-5-12/h1-6,8,10,14-15,18H,7,9H2. The van der Waals surface area contributed by atoms with E-state index < -0.39 is 0 Å². The molecule has 2 aromatic rings. The molecule has 18 heavy (non-hydrogen) atoms. The van der Waals surface area contributed by atoms with E-state index in [1.165, 1.54) is 17.5 Å². The van der Waals surface area contributed by atoms with Crippen LogP contribution in [0.15, 0.2) is 53.3 Å². The van der Waals surface area contributed by atoms with Gasteiger partial charge in [-0.25, -0.2) is 0 Å². The van der Waals surface area contributed by atoms with Gasteiger partial charge >= 0.3 is 0 Å². The smallest absolute Gasteiger partial charge is 0.0410 e. The first-order chi connectivity index (χ1) is 8.83. The predicted octanol–water partition coefficient (Wildman–Crippen LogP) is 3.49. The average Bonchev–Trinajstić information content (AvgIpc) is 3.17. The molecule has 1 aliphatic rings. The van der Waals surface area contributed by atoms with Gasteiger partial charge in [0.2, 0.25) is 0 Å². The molecule has 3 rings (SSSR count). The van der Waals surface area contributed by atoms with Crippen molar-refractivity contribution in [3.05, 3.63) is 64.4 Å². The number of aromatic nitrogens is 1. The number of benzene rings is 1. The molecular formula is C15H15BrN2. The van der Waals surface area contributed by atoms with E-state index in [1.54, 1.807) is 0 Å².